The molecule has 0 unspecified atom stereocenters. The van der Waals surface area contributed by atoms with Crippen LogP contribution in [0.3, 0.4) is 0 Å². The summed E-state index contributed by atoms with van der Waals surface area (Å²) in [5.74, 6) is 1.09. The summed E-state index contributed by atoms with van der Waals surface area (Å²) in [7, 11) is 0. The molecule has 1 N–H and O–H groups in total. The predicted molar refractivity (Wildman–Crippen MR) is 138 cm³/mol. The van der Waals surface area contributed by atoms with E-state index in [-0.39, 0.29) is 17.7 Å². The van der Waals surface area contributed by atoms with Crippen LogP contribution in [0.25, 0.3) is 11.4 Å². The smallest absolute Gasteiger partial charge is 0.255 e. The second-order valence-electron chi connectivity index (χ2n) is 9.29. The summed E-state index contributed by atoms with van der Waals surface area (Å²) in [6.45, 7) is 5.32. The van der Waals surface area contributed by atoms with Gasteiger partial charge in [-0.1, -0.05) is 52.7 Å². The largest absolute Gasteiger partial charge is 0.339 e. The molecule has 0 radical (unpaired) electrons. The van der Waals surface area contributed by atoms with Crippen molar-refractivity contribution < 1.29 is 14.1 Å². The molecule has 7 nitrogen and oxygen atoms in total. The van der Waals surface area contributed by atoms with Gasteiger partial charge in [-0.25, -0.2) is 0 Å². The van der Waals surface area contributed by atoms with E-state index in [1.165, 1.54) is 0 Å². The number of piperidine rings is 1. The number of aryl methyl sites for hydroxylation is 2. The van der Waals surface area contributed by atoms with E-state index in [1.54, 1.807) is 12.1 Å². The molecule has 1 fully saturated rings. The zero-order valence-electron chi connectivity index (χ0n) is 20.4. The van der Waals surface area contributed by atoms with Gasteiger partial charge in [0.05, 0.1) is 0 Å². The number of hydrogen-bond donors (Lipinski definition) is 1. The molecule has 0 spiro atoms. The number of nitrogens with zero attached hydrogens (tertiary/aromatic N) is 3. The number of hydrogen-bond acceptors (Lipinski definition) is 5. The Bertz CT molecular complexity index is 1350. The molecule has 36 heavy (non-hydrogen) atoms. The minimum Gasteiger partial charge on any atom is -0.339 e. The van der Waals surface area contributed by atoms with Crippen LogP contribution in [0.5, 0.6) is 0 Å². The summed E-state index contributed by atoms with van der Waals surface area (Å²) < 4.78 is 5.57. The maximum absolute atomic E-state index is 12.8. The van der Waals surface area contributed by atoms with Gasteiger partial charge in [0.1, 0.15) is 0 Å². The molecule has 182 valence electrons. The molecule has 7 heteroatoms. The van der Waals surface area contributed by atoms with E-state index in [9.17, 15) is 9.59 Å². The Kier molecular flexibility index (Phi) is 6.62. The molecule has 0 saturated carbocycles. The first-order valence-electron chi connectivity index (χ1n) is 12.1. The highest BCUT2D eigenvalue weighted by Crippen LogP contribution is 2.29. The minimum absolute atomic E-state index is 0.0613. The molecule has 5 rings (SSSR count). The molecular formula is C29H28N4O3. The van der Waals surface area contributed by atoms with Crippen molar-refractivity contribution >= 4 is 17.5 Å². The summed E-state index contributed by atoms with van der Waals surface area (Å²) >= 11 is 0. The van der Waals surface area contributed by atoms with Gasteiger partial charge in [-0.3, -0.25) is 9.59 Å². The molecule has 1 saturated heterocycles. The van der Waals surface area contributed by atoms with Crippen LogP contribution in [0.15, 0.2) is 77.3 Å². The molecule has 3 aromatic carbocycles. The van der Waals surface area contributed by atoms with Crippen molar-refractivity contribution in [3.05, 3.63) is 101 Å². The number of aromatic nitrogens is 2. The summed E-state index contributed by atoms with van der Waals surface area (Å²) in [5.41, 5.74) is 5.08. The fraction of sp³-hybridized carbons (Fsp3) is 0.241. The van der Waals surface area contributed by atoms with Crippen LogP contribution in [0.4, 0.5) is 5.69 Å². The number of carbonyl (C=O) groups excluding carboxylic acids is 2. The molecule has 1 aliphatic heterocycles. The lowest BCUT2D eigenvalue weighted by Crippen LogP contribution is -2.38. The van der Waals surface area contributed by atoms with Gasteiger partial charge in [0.25, 0.3) is 11.8 Å². The number of carbonyl (C=O) groups is 2. The van der Waals surface area contributed by atoms with Crippen LogP contribution < -0.4 is 5.32 Å². The van der Waals surface area contributed by atoms with Crippen LogP contribution >= 0.6 is 0 Å². The van der Waals surface area contributed by atoms with E-state index < -0.39 is 0 Å². The van der Waals surface area contributed by atoms with E-state index in [1.807, 2.05) is 79.4 Å². The lowest BCUT2D eigenvalue weighted by Gasteiger charge is -2.30. The highest BCUT2D eigenvalue weighted by atomic mass is 16.5. The molecule has 2 heterocycles. The molecule has 4 aromatic rings. The average Bonchev–Trinajstić information content (AvgIpc) is 3.41. The third-order valence-corrected chi connectivity index (χ3v) is 6.59. The van der Waals surface area contributed by atoms with Crippen LogP contribution in [0.2, 0.25) is 0 Å². The van der Waals surface area contributed by atoms with Gasteiger partial charge in [-0.15, -0.1) is 0 Å². The molecule has 0 aliphatic carbocycles. The van der Waals surface area contributed by atoms with Crippen molar-refractivity contribution in [2.24, 2.45) is 0 Å². The van der Waals surface area contributed by atoms with E-state index in [4.69, 9.17) is 4.52 Å². The fourth-order valence-corrected chi connectivity index (χ4v) is 4.34. The summed E-state index contributed by atoms with van der Waals surface area (Å²) in [6.07, 6.45) is 1.55. The number of amides is 2. The highest BCUT2D eigenvalue weighted by Gasteiger charge is 2.28. The Morgan fingerprint density at radius 2 is 1.42 bits per heavy atom. The van der Waals surface area contributed by atoms with Crippen molar-refractivity contribution in [1.29, 1.82) is 0 Å². The lowest BCUT2D eigenvalue weighted by atomic mass is 9.96. The summed E-state index contributed by atoms with van der Waals surface area (Å²) in [4.78, 5) is 31.8. The van der Waals surface area contributed by atoms with E-state index in [0.29, 0.717) is 30.4 Å². The van der Waals surface area contributed by atoms with Crippen molar-refractivity contribution in [1.82, 2.24) is 15.0 Å². The van der Waals surface area contributed by atoms with Crippen LogP contribution in [0.1, 0.15) is 56.5 Å². The maximum Gasteiger partial charge on any atom is 0.255 e. The second-order valence-corrected chi connectivity index (χ2v) is 9.29. The van der Waals surface area contributed by atoms with Gasteiger partial charge in [0, 0.05) is 41.4 Å². The van der Waals surface area contributed by atoms with Gasteiger partial charge in [0.2, 0.25) is 11.7 Å². The lowest BCUT2D eigenvalue weighted by molar-refractivity contribution is 0.0704. The van der Waals surface area contributed by atoms with E-state index >= 15 is 0 Å². The van der Waals surface area contributed by atoms with Crippen LogP contribution in [-0.4, -0.2) is 39.9 Å². The molecule has 0 bridgehead atoms. The highest BCUT2D eigenvalue weighted by molar-refractivity contribution is 6.04. The standard InChI is InChI=1S/C29H28N4O3/c1-19-3-7-24(8-4-19)29(35)33-17-15-23(16-18-33)28-31-26(32-36-28)21-9-11-22(12-10-21)27(34)30-25-13-5-20(2)6-14-25/h3-14,23H,15-18H2,1-2H3,(H,30,34). The van der Waals surface area contributed by atoms with Gasteiger partial charge in [-0.2, -0.15) is 4.98 Å². The van der Waals surface area contributed by atoms with Crippen molar-refractivity contribution in [2.45, 2.75) is 32.6 Å². The van der Waals surface area contributed by atoms with E-state index in [0.717, 1.165) is 40.8 Å². The number of likely N-dealkylation sites (tertiary alicyclic amines) is 1. The number of anilines is 1. The monoisotopic (exact) mass is 480 g/mol. The van der Waals surface area contributed by atoms with Gasteiger partial charge in [0.15, 0.2) is 0 Å². The normalized spacial score (nSPS) is 14.0. The third-order valence-electron chi connectivity index (χ3n) is 6.59. The van der Waals surface area contributed by atoms with Gasteiger partial charge >= 0.3 is 0 Å². The van der Waals surface area contributed by atoms with Crippen molar-refractivity contribution in [3.63, 3.8) is 0 Å². The zero-order valence-corrected chi connectivity index (χ0v) is 20.4. The zero-order chi connectivity index (χ0) is 25.1. The Labute approximate surface area is 210 Å². The fourth-order valence-electron chi connectivity index (χ4n) is 4.34. The average molecular weight is 481 g/mol. The molecule has 1 aromatic heterocycles. The first kappa shape index (κ1) is 23.5. The first-order valence-corrected chi connectivity index (χ1v) is 12.1. The van der Waals surface area contributed by atoms with Gasteiger partial charge in [-0.05, 0) is 63.1 Å². The number of benzene rings is 3. The number of nitrogens with one attached hydrogen (secondary N) is 1. The quantitative estimate of drug-likeness (QED) is 0.400. The minimum atomic E-state index is -0.175. The molecule has 0 atom stereocenters. The van der Waals surface area contributed by atoms with Gasteiger partial charge < -0.3 is 14.7 Å². The van der Waals surface area contributed by atoms with Crippen molar-refractivity contribution in [2.75, 3.05) is 18.4 Å². The Hall–Kier alpha value is -4.26. The summed E-state index contributed by atoms with van der Waals surface area (Å²) in [5, 5.41) is 7.05. The Morgan fingerprint density at radius 3 is 2.06 bits per heavy atom. The maximum atomic E-state index is 12.8. The molecular weight excluding hydrogens is 452 g/mol. The van der Waals surface area contributed by atoms with Crippen LogP contribution in [-0.2, 0) is 0 Å². The van der Waals surface area contributed by atoms with Crippen molar-refractivity contribution in [3.8, 4) is 11.4 Å². The Balaban J connectivity index is 1.19. The Morgan fingerprint density at radius 1 is 0.833 bits per heavy atom. The second kappa shape index (κ2) is 10.2. The summed E-state index contributed by atoms with van der Waals surface area (Å²) in [6, 6.07) is 22.5. The third kappa shape index (κ3) is 5.20. The topological polar surface area (TPSA) is 88.3 Å². The molecule has 1 aliphatic rings. The van der Waals surface area contributed by atoms with E-state index in [2.05, 4.69) is 15.5 Å². The van der Waals surface area contributed by atoms with Crippen LogP contribution in [0, 0.1) is 13.8 Å². The first-order chi connectivity index (χ1) is 17.5. The number of rotatable bonds is 5. The predicted octanol–water partition coefficient (Wildman–Crippen LogP) is 5.63. The molecule has 2 amide bonds. The SMILES string of the molecule is Cc1ccc(NC(=O)c2ccc(-c3noc(C4CCN(C(=O)c5ccc(C)cc5)CC4)n3)cc2)cc1.